The smallest absolute Gasteiger partial charge is 0.315 e. The highest BCUT2D eigenvalue weighted by atomic mass is 35.5. The van der Waals surface area contributed by atoms with Gasteiger partial charge in [0.05, 0.1) is 10.7 Å². The number of anilines is 2. The Balaban J connectivity index is 2.01. The van der Waals surface area contributed by atoms with Crippen molar-refractivity contribution in [2.75, 3.05) is 10.6 Å². The van der Waals surface area contributed by atoms with Gasteiger partial charge in [0.25, 0.3) is 0 Å². The molecule has 0 saturated heterocycles. The molecule has 1 aromatic heterocycles. The van der Waals surface area contributed by atoms with Gasteiger partial charge < -0.3 is 10.6 Å². The molecular weight excluding hydrogens is 266 g/mol. The Labute approximate surface area is 114 Å². The van der Waals surface area contributed by atoms with Gasteiger partial charge in [0, 0.05) is 6.20 Å². The predicted octanol–water partition coefficient (Wildman–Crippen LogP) is 2.31. The number of carbonyl (C=O) groups excluding carboxylic acids is 2. The number of pyridine rings is 1. The quantitative estimate of drug-likeness (QED) is 0.826. The molecule has 2 aromatic rings. The number of benzene rings is 1. The minimum atomic E-state index is -0.807. The van der Waals surface area contributed by atoms with E-state index in [0.29, 0.717) is 16.5 Å². The number of hydrogen-bond acceptors (Lipinski definition) is 3. The fourth-order valence-corrected chi connectivity index (χ4v) is 1.53. The van der Waals surface area contributed by atoms with Gasteiger partial charge in [0.2, 0.25) is 0 Å². The van der Waals surface area contributed by atoms with Crippen LogP contribution in [-0.2, 0) is 9.59 Å². The zero-order valence-electron chi connectivity index (χ0n) is 9.76. The highest BCUT2D eigenvalue weighted by molar-refractivity contribution is 6.44. The van der Waals surface area contributed by atoms with Crippen LogP contribution in [0.15, 0.2) is 48.7 Å². The molecule has 0 aliphatic rings. The maximum absolute atomic E-state index is 11.7. The molecule has 0 aliphatic heterocycles. The minimum Gasteiger partial charge on any atom is -0.316 e. The van der Waals surface area contributed by atoms with Crippen molar-refractivity contribution >= 4 is 34.9 Å². The van der Waals surface area contributed by atoms with Crippen LogP contribution in [0, 0.1) is 0 Å². The maximum atomic E-state index is 11.7. The molecule has 0 fully saturated rings. The minimum absolute atomic E-state index is 0.307. The molecule has 0 bridgehead atoms. The summed E-state index contributed by atoms with van der Waals surface area (Å²) in [5.74, 6) is -1.31. The average Bonchev–Trinajstić information content (AvgIpc) is 2.42. The normalized spacial score (nSPS) is 9.74. The molecule has 2 N–H and O–H groups in total. The third-order valence-corrected chi connectivity index (χ3v) is 2.56. The van der Waals surface area contributed by atoms with E-state index in [1.807, 2.05) is 0 Å². The van der Waals surface area contributed by atoms with Crippen molar-refractivity contribution in [2.45, 2.75) is 0 Å². The van der Waals surface area contributed by atoms with E-state index in [9.17, 15) is 9.59 Å². The van der Waals surface area contributed by atoms with E-state index in [-0.39, 0.29) is 0 Å². The summed E-state index contributed by atoms with van der Waals surface area (Å²) in [6.07, 6.45) is 1.52. The Kier molecular flexibility index (Phi) is 4.10. The average molecular weight is 276 g/mol. The van der Waals surface area contributed by atoms with Crippen molar-refractivity contribution in [1.82, 2.24) is 4.98 Å². The highest BCUT2D eigenvalue weighted by Crippen LogP contribution is 2.20. The van der Waals surface area contributed by atoms with Gasteiger partial charge >= 0.3 is 11.8 Å². The van der Waals surface area contributed by atoms with E-state index in [4.69, 9.17) is 11.6 Å². The molecule has 2 rings (SSSR count). The molecule has 19 heavy (non-hydrogen) atoms. The Hall–Kier alpha value is -2.40. The topological polar surface area (TPSA) is 71.1 Å². The maximum Gasteiger partial charge on any atom is 0.315 e. The number of carbonyl (C=O) groups is 2. The van der Waals surface area contributed by atoms with Crippen LogP contribution in [0.3, 0.4) is 0 Å². The first-order chi connectivity index (χ1) is 9.16. The summed E-state index contributed by atoms with van der Waals surface area (Å²) in [5, 5.41) is 5.16. The molecule has 96 valence electrons. The molecule has 0 spiro atoms. The van der Waals surface area contributed by atoms with E-state index in [0.717, 1.165) is 0 Å². The van der Waals surface area contributed by atoms with Crippen LogP contribution < -0.4 is 10.6 Å². The van der Waals surface area contributed by atoms with Crippen LogP contribution in [0.4, 0.5) is 11.5 Å². The van der Waals surface area contributed by atoms with E-state index < -0.39 is 11.8 Å². The third kappa shape index (κ3) is 3.53. The largest absolute Gasteiger partial charge is 0.316 e. The first-order valence-electron chi connectivity index (χ1n) is 5.45. The number of para-hydroxylation sites is 1. The molecule has 0 unspecified atom stereocenters. The molecule has 6 heteroatoms. The Bertz CT molecular complexity index is 602. The number of halogens is 1. The lowest BCUT2D eigenvalue weighted by Gasteiger charge is -2.06. The summed E-state index contributed by atoms with van der Waals surface area (Å²) in [5.41, 5.74) is 0.380. The molecule has 0 radical (unpaired) electrons. The molecule has 0 atom stereocenters. The van der Waals surface area contributed by atoms with Crippen molar-refractivity contribution in [3.8, 4) is 0 Å². The molecule has 5 nitrogen and oxygen atoms in total. The van der Waals surface area contributed by atoms with Crippen LogP contribution in [0.1, 0.15) is 0 Å². The summed E-state index contributed by atoms with van der Waals surface area (Å²) in [6.45, 7) is 0. The summed E-state index contributed by atoms with van der Waals surface area (Å²) < 4.78 is 0. The van der Waals surface area contributed by atoms with Gasteiger partial charge in [-0.1, -0.05) is 29.8 Å². The second-order valence-electron chi connectivity index (χ2n) is 3.60. The molecule has 1 heterocycles. The lowest BCUT2D eigenvalue weighted by Crippen LogP contribution is -2.29. The van der Waals surface area contributed by atoms with Crippen LogP contribution in [0.5, 0.6) is 0 Å². The van der Waals surface area contributed by atoms with Crippen molar-refractivity contribution in [2.24, 2.45) is 0 Å². The fraction of sp³-hybridized carbons (Fsp3) is 0. The third-order valence-electron chi connectivity index (χ3n) is 2.23. The lowest BCUT2D eigenvalue weighted by atomic mass is 10.3. The molecule has 0 aliphatic carbocycles. The zero-order chi connectivity index (χ0) is 13.7. The summed E-state index contributed by atoms with van der Waals surface area (Å²) in [7, 11) is 0. The van der Waals surface area contributed by atoms with Gasteiger partial charge in [0.1, 0.15) is 5.82 Å². The predicted molar refractivity (Wildman–Crippen MR) is 72.9 cm³/mol. The molecule has 1 aromatic carbocycles. The summed E-state index contributed by atoms with van der Waals surface area (Å²) in [4.78, 5) is 27.2. The lowest BCUT2D eigenvalue weighted by molar-refractivity contribution is -0.133. The van der Waals surface area contributed by atoms with Crippen molar-refractivity contribution in [3.63, 3.8) is 0 Å². The SMILES string of the molecule is O=C(Nc1ccccn1)C(=O)Nc1ccccc1Cl. The van der Waals surface area contributed by atoms with E-state index >= 15 is 0 Å². The Morgan fingerprint density at radius 1 is 0.947 bits per heavy atom. The van der Waals surface area contributed by atoms with Crippen LogP contribution in [0.25, 0.3) is 0 Å². The number of hydrogen-bond donors (Lipinski definition) is 2. The molecule has 0 saturated carbocycles. The van der Waals surface area contributed by atoms with Crippen molar-refractivity contribution < 1.29 is 9.59 Å². The number of nitrogens with one attached hydrogen (secondary N) is 2. The molecule has 2 amide bonds. The van der Waals surface area contributed by atoms with Gasteiger partial charge in [-0.3, -0.25) is 9.59 Å². The van der Waals surface area contributed by atoms with Gasteiger partial charge in [-0.2, -0.15) is 0 Å². The van der Waals surface area contributed by atoms with Crippen LogP contribution >= 0.6 is 11.6 Å². The number of aromatic nitrogens is 1. The monoisotopic (exact) mass is 275 g/mol. The van der Waals surface area contributed by atoms with Crippen molar-refractivity contribution in [1.29, 1.82) is 0 Å². The summed E-state index contributed by atoms with van der Waals surface area (Å²) >= 11 is 5.87. The first-order valence-corrected chi connectivity index (χ1v) is 5.82. The van der Waals surface area contributed by atoms with E-state index in [2.05, 4.69) is 15.6 Å². The highest BCUT2D eigenvalue weighted by Gasteiger charge is 2.15. The van der Waals surface area contributed by atoms with Crippen LogP contribution in [0.2, 0.25) is 5.02 Å². The van der Waals surface area contributed by atoms with E-state index in [1.54, 1.807) is 42.5 Å². The van der Waals surface area contributed by atoms with Gasteiger partial charge in [-0.05, 0) is 24.3 Å². The van der Waals surface area contributed by atoms with E-state index in [1.165, 1.54) is 6.20 Å². The van der Waals surface area contributed by atoms with Gasteiger partial charge in [-0.25, -0.2) is 4.98 Å². The number of amides is 2. The van der Waals surface area contributed by atoms with Gasteiger partial charge in [-0.15, -0.1) is 0 Å². The van der Waals surface area contributed by atoms with Gasteiger partial charge in [0.15, 0.2) is 0 Å². The number of rotatable bonds is 2. The zero-order valence-corrected chi connectivity index (χ0v) is 10.5. The second-order valence-corrected chi connectivity index (χ2v) is 4.01. The standard InChI is InChI=1S/C13H10ClN3O2/c14-9-5-1-2-6-10(9)16-12(18)13(19)17-11-7-3-4-8-15-11/h1-8H,(H,16,18)(H,15,17,19). The fourth-order valence-electron chi connectivity index (χ4n) is 1.35. The first kappa shape index (κ1) is 13.0. The Morgan fingerprint density at radius 3 is 2.32 bits per heavy atom. The molecular formula is C13H10ClN3O2. The summed E-state index contributed by atoms with van der Waals surface area (Å²) in [6, 6.07) is 11.7. The Morgan fingerprint density at radius 2 is 1.63 bits per heavy atom. The number of nitrogens with zero attached hydrogens (tertiary/aromatic N) is 1. The van der Waals surface area contributed by atoms with Crippen LogP contribution in [-0.4, -0.2) is 16.8 Å². The second kappa shape index (κ2) is 5.97. The van der Waals surface area contributed by atoms with Crippen molar-refractivity contribution in [3.05, 3.63) is 53.7 Å².